The summed E-state index contributed by atoms with van der Waals surface area (Å²) in [6.07, 6.45) is 1.03. The summed E-state index contributed by atoms with van der Waals surface area (Å²) in [5, 5.41) is 0. The third kappa shape index (κ3) is 1.61. The van der Waals surface area contributed by atoms with Crippen LogP contribution in [0, 0.1) is 0 Å². The molecule has 0 bridgehead atoms. The summed E-state index contributed by atoms with van der Waals surface area (Å²) < 4.78 is 2.17. The van der Waals surface area contributed by atoms with Crippen molar-refractivity contribution in [2.45, 2.75) is 13.3 Å². The first kappa shape index (κ1) is 11.0. The minimum atomic E-state index is 1.03. The molecule has 0 N–H and O–H groups in total. The number of rotatable bonds is 2. The van der Waals surface area contributed by atoms with E-state index in [0.29, 0.717) is 0 Å². The highest BCUT2D eigenvalue weighted by Gasteiger charge is 2.11. The molecule has 2 nitrogen and oxygen atoms in total. The van der Waals surface area contributed by atoms with Crippen LogP contribution >= 0.6 is 0 Å². The number of fused-ring (bicyclic) bond motifs is 1. The van der Waals surface area contributed by atoms with Crippen LogP contribution in [0.5, 0.6) is 0 Å². The maximum Gasteiger partial charge on any atom is 0.141 e. The lowest BCUT2D eigenvalue weighted by atomic mass is 10.0. The Kier molecular flexibility index (Phi) is 2.63. The van der Waals surface area contributed by atoms with Crippen molar-refractivity contribution in [2.75, 3.05) is 0 Å². The van der Waals surface area contributed by atoms with Crippen LogP contribution in [0.15, 0.2) is 48.5 Å². The third-order valence-corrected chi connectivity index (χ3v) is 3.43. The molecule has 1 aromatic heterocycles. The lowest BCUT2D eigenvalue weighted by Gasteiger charge is -2.07. The number of para-hydroxylation sites is 2. The summed E-state index contributed by atoms with van der Waals surface area (Å²) in [5.41, 5.74) is 4.81. The topological polar surface area (TPSA) is 17.8 Å². The van der Waals surface area contributed by atoms with Crippen molar-refractivity contribution in [3.63, 3.8) is 0 Å². The van der Waals surface area contributed by atoms with Gasteiger partial charge in [0, 0.05) is 12.6 Å². The summed E-state index contributed by atoms with van der Waals surface area (Å²) in [7, 11) is 2.08. The second-order valence-corrected chi connectivity index (χ2v) is 4.49. The van der Waals surface area contributed by atoms with Crippen molar-refractivity contribution in [1.82, 2.24) is 9.55 Å². The molecule has 3 rings (SSSR count). The van der Waals surface area contributed by atoms with E-state index in [2.05, 4.69) is 61.0 Å². The molecule has 0 spiro atoms. The smallest absolute Gasteiger partial charge is 0.141 e. The van der Waals surface area contributed by atoms with Gasteiger partial charge in [-0.2, -0.15) is 0 Å². The Bertz CT molecular complexity index is 695. The zero-order valence-corrected chi connectivity index (χ0v) is 10.7. The van der Waals surface area contributed by atoms with Crippen molar-refractivity contribution in [2.24, 2.45) is 7.05 Å². The largest absolute Gasteiger partial charge is 0.327 e. The molecule has 0 aliphatic heterocycles. The fourth-order valence-corrected chi connectivity index (χ4v) is 2.43. The number of nitrogens with zero attached hydrogens (tertiary/aromatic N) is 2. The summed E-state index contributed by atoms with van der Waals surface area (Å²) in [6.45, 7) is 2.18. The first-order chi connectivity index (χ1) is 8.81. The fourth-order valence-electron chi connectivity index (χ4n) is 2.43. The first-order valence-corrected chi connectivity index (χ1v) is 6.31. The molecule has 0 unspecified atom stereocenters. The molecular weight excluding hydrogens is 220 g/mol. The van der Waals surface area contributed by atoms with E-state index in [0.717, 1.165) is 17.8 Å². The van der Waals surface area contributed by atoms with E-state index in [1.165, 1.54) is 16.6 Å². The Labute approximate surface area is 107 Å². The lowest BCUT2D eigenvalue weighted by molar-refractivity contribution is 0.953. The Hall–Kier alpha value is -2.09. The number of aromatic nitrogens is 2. The highest BCUT2D eigenvalue weighted by Crippen LogP contribution is 2.26. The Balaban J connectivity index is 2.28. The molecule has 0 aliphatic rings. The molecule has 2 heteroatoms. The van der Waals surface area contributed by atoms with Gasteiger partial charge in [-0.3, -0.25) is 0 Å². The molecule has 0 atom stereocenters. The molecule has 90 valence electrons. The van der Waals surface area contributed by atoms with Crippen LogP contribution in [0.3, 0.4) is 0 Å². The minimum absolute atomic E-state index is 1.03. The highest BCUT2D eigenvalue weighted by atomic mass is 15.1. The van der Waals surface area contributed by atoms with E-state index >= 15 is 0 Å². The van der Waals surface area contributed by atoms with Gasteiger partial charge in [0.15, 0.2) is 0 Å². The summed E-state index contributed by atoms with van der Waals surface area (Å²) in [6, 6.07) is 16.8. The monoisotopic (exact) mass is 236 g/mol. The molecule has 3 aromatic rings. The van der Waals surface area contributed by atoms with Gasteiger partial charge >= 0.3 is 0 Å². The van der Waals surface area contributed by atoms with Gasteiger partial charge in [0.1, 0.15) is 5.82 Å². The van der Waals surface area contributed by atoms with Crippen molar-refractivity contribution >= 4 is 11.0 Å². The van der Waals surface area contributed by atoms with Gasteiger partial charge in [0.2, 0.25) is 0 Å². The highest BCUT2D eigenvalue weighted by molar-refractivity contribution is 5.81. The van der Waals surface area contributed by atoms with Gasteiger partial charge in [0.05, 0.1) is 11.0 Å². The summed E-state index contributed by atoms with van der Waals surface area (Å²) in [4.78, 5) is 4.75. The Morgan fingerprint density at radius 1 is 1.00 bits per heavy atom. The molecule has 0 saturated heterocycles. The van der Waals surface area contributed by atoms with Crippen molar-refractivity contribution in [3.05, 3.63) is 54.1 Å². The molecule has 18 heavy (non-hydrogen) atoms. The predicted molar refractivity (Wildman–Crippen MR) is 75.5 cm³/mol. The average molecular weight is 236 g/mol. The molecule has 0 fully saturated rings. The molecule has 0 amide bonds. The minimum Gasteiger partial charge on any atom is -0.327 e. The van der Waals surface area contributed by atoms with Crippen LogP contribution in [0.25, 0.3) is 22.4 Å². The second-order valence-electron chi connectivity index (χ2n) is 4.49. The number of hydrogen-bond acceptors (Lipinski definition) is 1. The predicted octanol–water partition coefficient (Wildman–Crippen LogP) is 3.80. The second kappa shape index (κ2) is 4.30. The van der Waals surface area contributed by atoms with E-state index in [9.17, 15) is 0 Å². The van der Waals surface area contributed by atoms with Crippen LogP contribution in [0.2, 0.25) is 0 Å². The van der Waals surface area contributed by atoms with Gasteiger partial charge < -0.3 is 4.57 Å². The molecular formula is C16H16N2. The zero-order chi connectivity index (χ0) is 12.5. The van der Waals surface area contributed by atoms with Crippen LogP contribution in [0.1, 0.15) is 12.5 Å². The van der Waals surface area contributed by atoms with Crippen LogP contribution in [0.4, 0.5) is 0 Å². The van der Waals surface area contributed by atoms with E-state index < -0.39 is 0 Å². The standard InChI is InChI=1S/C16H16N2/c1-3-12-8-4-5-9-13(12)16-17-14-10-6-7-11-15(14)18(16)2/h4-11H,3H2,1-2H3. The number of benzene rings is 2. The quantitative estimate of drug-likeness (QED) is 0.661. The van der Waals surface area contributed by atoms with Gasteiger partial charge in [-0.1, -0.05) is 43.3 Å². The normalized spacial score (nSPS) is 11.0. The molecule has 0 radical (unpaired) electrons. The van der Waals surface area contributed by atoms with Gasteiger partial charge in [-0.25, -0.2) is 4.98 Å². The van der Waals surface area contributed by atoms with Gasteiger partial charge in [-0.05, 0) is 24.1 Å². The number of hydrogen-bond donors (Lipinski definition) is 0. The summed E-state index contributed by atoms with van der Waals surface area (Å²) >= 11 is 0. The van der Waals surface area contributed by atoms with Crippen molar-refractivity contribution in [1.29, 1.82) is 0 Å². The first-order valence-electron chi connectivity index (χ1n) is 6.31. The molecule has 0 saturated carbocycles. The lowest BCUT2D eigenvalue weighted by Crippen LogP contribution is -1.95. The Morgan fingerprint density at radius 2 is 1.72 bits per heavy atom. The van der Waals surface area contributed by atoms with Gasteiger partial charge in [0.25, 0.3) is 0 Å². The third-order valence-electron chi connectivity index (χ3n) is 3.43. The van der Waals surface area contributed by atoms with E-state index in [1.807, 2.05) is 6.07 Å². The van der Waals surface area contributed by atoms with Crippen LogP contribution < -0.4 is 0 Å². The van der Waals surface area contributed by atoms with Crippen LogP contribution in [-0.4, -0.2) is 9.55 Å². The average Bonchev–Trinajstić information content (AvgIpc) is 2.76. The number of imidazole rings is 1. The zero-order valence-electron chi connectivity index (χ0n) is 10.7. The van der Waals surface area contributed by atoms with E-state index in [4.69, 9.17) is 4.98 Å². The fraction of sp³-hybridized carbons (Fsp3) is 0.188. The van der Waals surface area contributed by atoms with E-state index in [1.54, 1.807) is 0 Å². The van der Waals surface area contributed by atoms with Crippen molar-refractivity contribution < 1.29 is 0 Å². The van der Waals surface area contributed by atoms with Crippen molar-refractivity contribution in [3.8, 4) is 11.4 Å². The SMILES string of the molecule is CCc1ccccc1-c1nc2ccccc2n1C. The molecule has 0 aliphatic carbocycles. The molecule has 1 heterocycles. The molecule has 2 aromatic carbocycles. The Morgan fingerprint density at radius 3 is 2.50 bits per heavy atom. The van der Waals surface area contributed by atoms with E-state index in [-0.39, 0.29) is 0 Å². The maximum absolute atomic E-state index is 4.75. The maximum atomic E-state index is 4.75. The van der Waals surface area contributed by atoms with Crippen LogP contribution in [-0.2, 0) is 13.5 Å². The van der Waals surface area contributed by atoms with Gasteiger partial charge in [-0.15, -0.1) is 0 Å². The summed E-state index contributed by atoms with van der Waals surface area (Å²) in [5.74, 6) is 1.05. The number of aryl methyl sites for hydroxylation is 2.